The lowest BCUT2D eigenvalue weighted by molar-refractivity contribution is 0.0603. The average Bonchev–Trinajstić information content (AvgIpc) is 2.79. The first kappa shape index (κ1) is 17.3. The number of nitrogens with one attached hydrogen (secondary N) is 2. The fourth-order valence-corrected chi connectivity index (χ4v) is 2.64. The van der Waals surface area contributed by atoms with E-state index in [0.717, 1.165) is 11.3 Å². The Labute approximate surface area is 128 Å². The summed E-state index contributed by atoms with van der Waals surface area (Å²) < 4.78 is 4.74. The maximum Gasteiger partial charge on any atom is 0.343 e. The largest absolute Gasteiger partial charge is 0.465 e. The highest BCUT2D eigenvalue weighted by molar-refractivity contribution is 7.19. The molecule has 1 heterocycles. The van der Waals surface area contributed by atoms with Crippen LogP contribution in [0.25, 0.3) is 0 Å². The number of carbonyl (C=O) groups is 2. The second-order valence-electron chi connectivity index (χ2n) is 4.81. The van der Waals surface area contributed by atoms with Crippen LogP contribution in [0.5, 0.6) is 0 Å². The molecule has 1 amide bonds. The Morgan fingerprint density at radius 3 is 2.52 bits per heavy atom. The molecule has 1 aromatic heterocycles. The maximum atomic E-state index is 11.9. The summed E-state index contributed by atoms with van der Waals surface area (Å²) in [4.78, 5) is 26.0. The summed E-state index contributed by atoms with van der Waals surface area (Å²) in [5, 5.41) is 6.22. The molecule has 1 unspecified atom stereocenters. The van der Waals surface area contributed by atoms with Crippen LogP contribution in [0.3, 0.4) is 0 Å². The molecule has 4 N–H and O–H groups in total. The van der Waals surface area contributed by atoms with Gasteiger partial charge in [0.2, 0.25) is 0 Å². The molecule has 0 fully saturated rings. The molecule has 0 aliphatic heterocycles. The summed E-state index contributed by atoms with van der Waals surface area (Å²) in [5.74, 6) is -0.879. The van der Waals surface area contributed by atoms with Crippen LogP contribution >= 0.6 is 11.3 Å². The van der Waals surface area contributed by atoms with Crippen molar-refractivity contribution in [1.82, 2.24) is 10.2 Å². The molecule has 0 spiro atoms. The molecule has 0 aliphatic carbocycles. The molecule has 0 saturated heterocycles. The van der Waals surface area contributed by atoms with E-state index in [-0.39, 0.29) is 23.2 Å². The third-order valence-corrected chi connectivity index (χ3v) is 4.37. The van der Waals surface area contributed by atoms with Crippen molar-refractivity contribution in [1.29, 1.82) is 0 Å². The number of hydrogen-bond donors (Lipinski definition) is 3. The Morgan fingerprint density at radius 2 is 2.05 bits per heavy atom. The zero-order valence-corrected chi connectivity index (χ0v) is 13.8. The molecular formula is C13H22N4O3S. The minimum absolute atomic E-state index is 0.145. The highest BCUT2D eigenvalue weighted by Gasteiger charge is 2.26. The van der Waals surface area contributed by atoms with E-state index >= 15 is 0 Å². The van der Waals surface area contributed by atoms with Crippen molar-refractivity contribution in [3.8, 4) is 0 Å². The number of methoxy groups -OCH3 is 1. The third kappa shape index (κ3) is 3.85. The highest BCUT2D eigenvalue weighted by Crippen LogP contribution is 2.36. The number of rotatable bonds is 6. The van der Waals surface area contributed by atoms with Crippen LogP contribution in [0, 0.1) is 0 Å². The SMILES string of the molecule is CNC(=O)c1sc(NCC(C)N(C)C)c(C(=O)OC)c1N. The fourth-order valence-electron chi connectivity index (χ4n) is 1.58. The molecule has 21 heavy (non-hydrogen) atoms. The smallest absolute Gasteiger partial charge is 0.343 e. The summed E-state index contributed by atoms with van der Waals surface area (Å²) in [7, 11) is 6.73. The summed E-state index contributed by atoms with van der Waals surface area (Å²) in [6.07, 6.45) is 0. The van der Waals surface area contributed by atoms with E-state index < -0.39 is 5.97 Å². The second-order valence-corrected chi connectivity index (χ2v) is 5.83. The van der Waals surface area contributed by atoms with E-state index in [9.17, 15) is 9.59 Å². The number of carbonyl (C=O) groups excluding carboxylic acids is 2. The van der Waals surface area contributed by atoms with Crippen LogP contribution in [0.1, 0.15) is 27.0 Å². The van der Waals surface area contributed by atoms with E-state index in [1.807, 2.05) is 25.9 Å². The first-order valence-electron chi connectivity index (χ1n) is 6.46. The van der Waals surface area contributed by atoms with Crippen molar-refractivity contribution < 1.29 is 14.3 Å². The minimum Gasteiger partial charge on any atom is -0.465 e. The van der Waals surface area contributed by atoms with Crippen LogP contribution < -0.4 is 16.4 Å². The number of anilines is 2. The van der Waals surface area contributed by atoms with Crippen molar-refractivity contribution >= 4 is 33.9 Å². The summed E-state index contributed by atoms with van der Waals surface area (Å²) >= 11 is 1.15. The number of thiophene rings is 1. The van der Waals surface area contributed by atoms with Gasteiger partial charge in [-0.25, -0.2) is 4.79 Å². The first-order chi connectivity index (χ1) is 9.83. The lowest BCUT2D eigenvalue weighted by Crippen LogP contribution is -2.31. The van der Waals surface area contributed by atoms with Crippen LogP contribution in [-0.4, -0.2) is 57.6 Å². The monoisotopic (exact) mass is 314 g/mol. The molecule has 1 atom stereocenters. The zero-order chi connectivity index (χ0) is 16.2. The van der Waals surface area contributed by atoms with Gasteiger partial charge in [-0.15, -0.1) is 11.3 Å². The van der Waals surface area contributed by atoms with E-state index in [2.05, 4.69) is 10.6 Å². The normalized spacial score (nSPS) is 12.1. The molecule has 0 bridgehead atoms. The van der Waals surface area contributed by atoms with E-state index in [4.69, 9.17) is 10.5 Å². The number of nitrogens with two attached hydrogens (primary N) is 1. The Bertz CT molecular complexity index is 528. The number of hydrogen-bond acceptors (Lipinski definition) is 7. The van der Waals surface area contributed by atoms with E-state index in [0.29, 0.717) is 16.4 Å². The first-order valence-corrected chi connectivity index (χ1v) is 7.28. The van der Waals surface area contributed by atoms with Crippen LogP contribution in [-0.2, 0) is 4.74 Å². The number of nitrogen functional groups attached to an aromatic ring is 1. The van der Waals surface area contributed by atoms with Crippen molar-refractivity contribution in [3.05, 3.63) is 10.4 Å². The van der Waals surface area contributed by atoms with E-state index in [1.54, 1.807) is 0 Å². The van der Waals surface area contributed by atoms with Gasteiger partial charge in [0, 0.05) is 19.6 Å². The molecule has 0 radical (unpaired) electrons. The molecule has 118 valence electrons. The van der Waals surface area contributed by atoms with Crippen molar-refractivity contribution in [2.24, 2.45) is 0 Å². The number of likely N-dealkylation sites (N-methyl/N-ethyl adjacent to an activating group) is 1. The number of ether oxygens (including phenoxy) is 1. The van der Waals surface area contributed by atoms with Gasteiger partial charge in [0.15, 0.2) is 0 Å². The van der Waals surface area contributed by atoms with Gasteiger partial charge in [0.1, 0.15) is 15.4 Å². The number of amides is 1. The number of nitrogens with zero attached hydrogens (tertiary/aromatic N) is 1. The van der Waals surface area contributed by atoms with Gasteiger partial charge in [-0.1, -0.05) is 0 Å². The van der Waals surface area contributed by atoms with Gasteiger partial charge in [-0.2, -0.15) is 0 Å². The van der Waals surface area contributed by atoms with Gasteiger partial charge >= 0.3 is 5.97 Å². The third-order valence-electron chi connectivity index (χ3n) is 3.21. The Morgan fingerprint density at radius 1 is 1.43 bits per heavy atom. The number of esters is 1. The molecular weight excluding hydrogens is 292 g/mol. The topological polar surface area (TPSA) is 96.7 Å². The quantitative estimate of drug-likeness (QED) is 0.673. The summed E-state index contributed by atoms with van der Waals surface area (Å²) in [6, 6.07) is 0.252. The maximum absolute atomic E-state index is 11.9. The zero-order valence-electron chi connectivity index (χ0n) is 12.9. The molecule has 0 aliphatic rings. The van der Waals surface area contributed by atoms with Crippen LogP contribution in [0.4, 0.5) is 10.7 Å². The Hall–Kier alpha value is -1.80. The minimum atomic E-state index is -0.557. The van der Waals surface area contributed by atoms with Crippen molar-refractivity contribution in [2.75, 3.05) is 45.8 Å². The Balaban J connectivity index is 3.11. The van der Waals surface area contributed by atoms with Gasteiger partial charge < -0.3 is 26.0 Å². The molecule has 0 aromatic carbocycles. The highest BCUT2D eigenvalue weighted by atomic mass is 32.1. The Kier molecular flexibility index (Phi) is 5.98. The standard InChI is InChI=1S/C13H22N4O3S/c1-7(17(3)4)6-16-12-8(13(19)20-5)9(14)10(21-12)11(18)15-2/h7,16H,6,14H2,1-5H3,(H,15,18). The molecule has 8 heteroatoms. The van der Waals surface area contributed by atoms with Gasteiger partial charge in [0.05, 0.1) is 12.8 Å². The molecule has 1 rings (SSSR count). The summed E-state index contributed by atoms with van der Waals surface area (Å²) in [5.41, 5.74) is 6.28. The predicted molar refractivity (Wildman–Crippen MR) is 85.1 cm³/mol. The van der Waals surface area contributed by atoms with Gasteiger partial charge in [-0.05, 0) is 21.0 Å². The van der Waals surface area contributed by atoms with E-state index in [1.165, 1.54) is 14.2 Å². The predicted octanol–water partition coefficient (Wildman–Crippen LogP) is 0.839. The van der Waals surface area contributed by atoms with Gasteiger partial charge in [-0.3, -0.25) is 4.79 Å². The van der Waals surface area contributed by atoms with Crippen LogP contribution in [0.15, 0.2) is 0 Å². The fraction of sp³-hybridized carbons (Fsp3) is 0.538. The molecule has 0 saturated carbocycles. The summed E-state index contributed by atoms with van der Waals surface area (Å²) in [6.45, 7) is 2.66. The van der Waals surface area contributed by atoms with Crippen LogP contribution in [0.2, 0.25) is 0 Å². The van der Waals surface area contributed by atoms with Crippen molar-refractivity contribution in [2.45, 2.75) is 13.0 Å². The average molecular weight is 314 g/mol. The second kappa shape index (κ2) is 7.28. The lowest BCUT2D eigenvalue weighted by Gasteiger charge is -2.20. The van der Waals surface area contributed by atoms with Crippen molar-refractivity contribution in [3.63, 3.8) is 0 Å². The molecule has 1 aromatic rings. The lowest BCUT2D eigenvalue weighted by atomic mass is 10.2. The molecule has 7 nitrogen and oxygen atoms in total. The van der Waals surface area contributed by atoms with Gasteiger partial charge in [0.25, 0.3) is 5.91 Å².